The molecule has 0 spiro atoms. The van der Waals surface area contributed by atoms with Crippen LogP contribution in [0.15, 0.2) is 18.2 Å². The summed E-state index contributed by atoms with van der Waals surface area (Å²) in [7, 11) is 0. The Kier molecular flexibility index (Phi) is 5.24. The van der Waals surface area contributed by atoms with Crippen LogP contribution in [0.25, 0.3) is 0 Å². The van der Waals surface area contributed by atoms with Crippen LogP contribution >= 0.6 is 0 Å². The number of aromatic nitrogens is 1. The van der Waals surface area contributed by atoms with Gasteiger partial charge in [-0.1, -0.05) is 17.7 Å². The quantitative estimate of drug-likeness (QED) is 0.651. The fourth-order valence-corrected chi connectivity index (χ4v) is 2.91. The van der Waals surface area contributed by atoms with E-state index in [0.717, 1.165) is 16.8 Å². The Bertz CT molecular complexity index is 787. The van der Waals surface area contributed by atoms with Gasteiger partial charge in [0.15, 0.2) is 6.61 Å². The van der Waals surface area contributed by atoms with Gasteiger partial charge < -0.3 is 14.8 Å². The Morgan fingerprint density at radius 3 is 2.46 bits per heavy atom. The van der Waals surface area contributed by atoms with Crippen molar-refractivity contribution in [3.63, 3.8) is 0 Å². The molecular formula is C19H23NO4. The summed E-state index contributed by atoms with van der Waals surface area (Å²) in [5.74, 6) is -0.831. The maximum absolute atomic E-state index is 12.3. The average molecular weight is 329 g/mol. The third kappa shape index (κ3) is 3.57. The van der Waals surface area contributed by atoms with Crippen LogP contribution in [0, 0.1) is 27.7 Å². The van der Waals surface area contributed by atoms with E-state index in [2.05, 4.69) is 4.98 Å². The van der Waals surface area contributed by atoms with Crippen molar-refractivity contribution in [1.29, 1.82) is 0 Å². The number of H-pyrrole nitrogens is 1. The Morgan fingerprint density at radius 1 is 1.21 bits per heavy atom. The van der Waals surface area contributed by atoms with Gasteiger partial charge in [-0.05, 0) is 51.8 Å². The van der Waals surface area contributed by atoms with Crippen molar-refractivity contribution in [3.8, 4) is 0 Å². The molecule has 0 aliphatic carbocycles. The van der Waals surface area contributed by atoms with Crippen molar-refractivity contribution in [2.45, 2.75) is 40.7 Å². The summed E-state index contributed by atoms with van der Waals surface area (Å²) in [6, 6.07) is 5.60. The molecule has 0 unspecified atom stereocenters. The highest BCUT2D eigenvalue weighted by atomic mass is 16.5. The molecule has 5 heteroatoms. The van der Waals surface area contributed by atoms with E-state index in [1.807, 2.05) is 26.0 Å². The Balaban J connectivity index is 2.12. The van der Waals surface area contributed by atoms with Gasteiger partial charge >= 0.3 is 5.97 Å². The average Bonchev–Trinajstić information content (AvgIpc) is 2.81. The molecule has 0 amide bonds. The molecule has 5 nitrogen and oxygen atoms in total. The normalized spacial score (nSPS) is 12.1. The number of esters is 1. The molecule has 0 radical (unpaired) electrons. The minimum Gasteiger partial charge on any atom is -0.453 e. The lowest BCUT2D eigenvalue weighted by Gasteiger charge is -2.08. The van der Waals surface area contributed by atoms with Crippen molar-refractivity contribution in [1.82, 2.24) is 4.98 Å². The first kappa shape index (κ1) is 17.9. The van der Waals surface area contributed by atoms with Gasteiger partial charge in [0.05, 0.1) is 6.10 Å². The first-order valence-corrected chi connectivity index (χ1v) is 7.87. The number of hydrogen-bond acceptors (Lipinski definition) is 4. The molecule has 2 aromatic rings. The van der Waals surface area contributed by atoms with Gasteiger partial charge in [-0.3, -0.25) is 4.79 Å². The smallest absolute Gasteiger partial charge is 0.355 e. The fraction of sp³-hybridized carbons (Fsp3) is 0.368. The van der Waals surface area contributed by atoms with E-state index < -0.39 is 12.1 Å². The van der Waals surface area contributed by atoms with Gasteiger partial charge in [0.25, 0.3) is 0 Å². The van der Waals surface area contributed by atoms with Crippen LogP contribution < -0.4 is 0 Å². The lowest BCUT2D eigenvalue weighted by molar-refractivity contribution is 0.0468. The summed E-state index contributed by atoms with van der Waals surface area (Å²) < 4.78 is 5.17. The van der Waals surface area contributed by atoms with Crippen LogP contribution in [0.4, 0.5) is 0 Å². The number of aryl methyl sites for hydroxylation is 3. The van der Waals surface area contributed by atoms with Crippen LogP contribution in [0.5, 0.6) is 0 Å². The molecule has 24 heavy (non-hydrogen) atoms. The molecule has 2 rings (SSSR count). The zero-order chi connectivity index (χ0) is 18.0. The number of carbonyl (C=O) groups is 2. The molecule has 1 aromatic carbocycles. The summed E-state index contributed by atoms with van der Waals surface area (Å²) in [5, 5.41) is 9.78. The summed E-state index contributed by atoms with van der Waals surface area (Å²) in [5.41, 5.74) is 4.71. The predicted molar refractivity (Wildman–Crippen MR) is 91.4 cm³/mol. The van der Waals surface area contributed by atoms with Crippen LogP contribution in [0.3, 0.4) is 0 Å². The van der Waals surface area contributed by atoms with Gasteiger partial charge in [-0.25, -0.2) is 4.79 Å². The van der Waals surface area contributed by atoms with Crippen molar-refractivity contribution >= 4 is 11.8 Å². The maximum Gasteiger partial charge on any atom is 0.355 e. The first-order chi connectivity index (χ1) is 11.2. The Morgan fingerprint density at radius 2 is 1.88 bits per heavy atom. The molecule has 1 aromatic heterocycles. The number of aliphatic hydroxyl groups excluding tert-OH is 1. The standard InChI is InChI=1S/C19H23NO4/c1-10-6-7-11(2)15(8-10)16(22)9-24-19(23)18-12(3)17(14(5)21)13(4)20-18/h6-8,14,20-21H,9H2,1-5H3/t14-/m0/s1. The van der Waals surface area contributed by atoms with Gasteiger partial charge in [-0.2, -0.15) is 0 Å². The van der Waals surface area contributed by atoms with Gasteiger partial charge in [0.1, 0.15) is 5.69 Å². The molecule has 0 aliphatic heterocycles. The summed E-state index contributed by atoms with van der Waals surface area (Å²) in [6.07, 6.45) is -0.681. The highest BCUT2D eigenvalue weighted by molar-refractivity contribution is 6.00. The summed E-state index contributed by atoms with van der Waals surface area (Å²) in [4.78, 5) is 27.5. The van der Waals surface area contributed by atoms with Crippen LogP contribution in [0.1, 0.15) is 61.8 Å². The third-order valence-electron chi connectivity index (χ3n) is 4.15. The number of aliphatic hydroxyl groups is 1. The number of nitrogens with one attached hydrogen (secondary N) is 1. The number of ketones is 1. The summed E-state index contributed by atoms with van der Waals surface area (Å²) in [6.45, 7) is 8.61. The van der Waals surface area contributed by atoms with Gasteiger partial charge in [-0.15, -0.1) is 0 Å². The van der Waals surface area contributed by atoms with E-state index in [4.69, 9.17) is 4.74 Å². The number of aromatic amines is 1. The van der Waals surface area contributed by atoms with E-state index in [9.17, 15) is 14.7 Å². The minimum atomic E-state index is -0.681. The van der Waals surface area contributed by atoms with Crippen molar-refractivity contribution < 1.29 is 19.4 Å². The number of ether oxygens (including phenoxy) is 1. The zero-order valence-corrected chi connectivity index (χ0v) is 14.7. The van der Waals surface area contributed by atoms with Crippen molar-refractivity contribution in [2.75, 3.05) is 6.61 Å². The van der Waals surface area contributed by atoms with Crippen molar-refractivity contribution in [3.05, 3.63) is 57.4 Å². The van der Waals surface area contributed by atoms with Crippen LogP contribution in [-0.2, 0) is 4.74 Å². The second-order valence-corrected chi connectivity index (χ2v) is 6.16. The molecule has 0 aliphatic rings. The largest absolute Gasteiger partial charge is 0.453 e. The monoisotopic (exact) mass is 329 g/mol. The molecular weight excluding hydrogens is 306 g/mol. The summed E-state index contributed by atoms with van der Waals surface area (Å²) >= 11 is 0. The second-order valence-electron chi connectivity index (χ2n) is 6.16. The van der Waals surface area contributed by atoms with Crippen molar-refractivity contribution in [2.24, 2.45) is 0 Å². The topological polar surface area (TPSA) is 79.4 Å². The fourth-order valence-electron chi connectivity index (χ4n) is 2.91. The van der Waals surface area contributed by atoms with Crippen LogP contribution in [0.2, 0.25) is 0 Å². The van der Waals surface area contributed by atoms with E-state index >= 15 is 0 Å². The molecule has 128 valence electrons. The number of Topliss-reactive ketones (excluding diaryl/α,β-unsaturated/α-hetero) is 1. The third-order valence-corrected chi connectivity index (χ3v) is 4.15. The molecule has 0 saturated carbocycles. The number of rotatable bonds is 5. The SMILES string of the molecule is Cc1ccc(C)c(C(=O)COC(=O)c2[nH]c(C)c([C@H](C)O)c2C)c1. The Hall–Kier alpha value is -2.40. The zero-order valence-electron chi connectivity index (χ0n) is 14.7. The van der Waals surface area contributed by atoms with E-state index in [-0.39, 0.29) is 18.1 Å². The minimum absolute atomic E-state index is 0.235. The molecule has 0 bridgehead atoms. The van der Waals surface area contributed by atoms with E-state index in [1.165, 1.54) is 0 Å². The van der Waals surface area contributed by atoms with E-state index in [0.29, 0.717) is 16.7 Å². The maximum atomic E-state index is 12.3. The molecule has 1 atom stereocenters. The highest BCUT2D eigenvalue weighted by Gasteiger charge is 2.22. The Labute approximate surface area is 141 Å². The molecule has 2 N–H and O–H groups in total. The van der Waals surface area contributed by atoms with Gasteiger partial charge in [0, 0.05) is 16.8 Å². The predicted octanol–water partition coefficient (Wildman–Crippen LogP) is 3.34. The lowest BCUT2D eigenvalue weighted by Crippen LogP contribution is -2.16. The highest BCUT2D eigenvalue weighted by Crippen LogP contribution is 2.25. The van der Waals surface area contributed by atoms with E-state index in [1.54, 1.807) is 26.8 Å². The second kappa shape index (κ2) is 7.01. The number of carbonyl (C=O) groups excluding carboxylic acids is 2. The van der Waals surface area contributed by atoms with Gasteiger partial charge in [0.2, 0.25) is 5.78 Å². The lowest BCUT2D eigenvalue weighted by atomic mass is 10.0. The number of benzene rings is 1. The molecule has 0 fully saturated rings. The van der Waals surface area contributed by atoms with Crippen LogP contribution in [-0.4, -0.2) is 28.4 Å². The molecule has 0 saturated heterocycles. The molecule has 1 heterocycles. The number of hydrogen-bond donors (Lipinski definition) is 2. The first-order valence-electron chi connectivity index (χ1n) is 7.87.